The molecule has 7 heteroatoms. The molecule has 1 heterocycles. The molecule has 164 valence electrons. The monoisotopic (exact) mass is 429 g/mol. The SMILES string of the molecule is O=C(O)c1ccc(CCCN2C(=O)CC[C@@H]2C=CC(O)C(F)(F)c2ccccc2)cc1. The standard InChI is InChI=1S/C24H25F2NO4/c25-24(26,19-6-2-1-3-7-19)21(28)14-12-20-13-15-22(29)27(20)16-4-5-17-8-10-18(11-9-17)23(30)31/h1-3,6-12,14,20-21,28H,4-5,13,15-16H2,(H,30,31)/t20-,21?/m0/s1. The summed E-state index contributed by atoms with van der Waals surface area (Å²) in [5.41, 5.74) is 0.914. The van der Waals surface area contributed by atoms with Gasteiger partial charge in [0.05, 0.1) is 11.6 Å². The van der Waals surface area contributed by atoms with Gasteiger partial charge in [-0.1, -0.05) is 54.6 Å². The first kappa shape index (κ1) is 22.6. The van der Waals surface area contributed by atoms with Gasteiger partial charge in [-0.3, -0.25) is 4.79 Å². The van der Waals surface area contributed by atoms with Gasteiger partial charge in [0.25, 0.3) is 0 Å². The number of carboxylic acids is 1. The molecule has 5 nitrogen and oxygen atoms in total. The third-order valence-corrected chi connectivity index (χ3v) is 5.49. The molecule has 0 aliphatic carbocycles. The van der Waals surface area contributed by atoms with E-state index in [0.717, 1.165) is 11.6 Å². The first-order valence-corrected chi connectivity index (χ1v) is 10.2. The summed E-state index contributed by atoms with van der Waals surface area (Å²) in [5.74, 6) is -4.45. The summed E-state index contributed by atoms with van der Waals surface area (Å²) >= 11 is 0. The van der Waals surface area contributed by atoms with Gasteiger partial charge in [0.1, 0.15) is 6.10 Å². The van der Waals surface area contributed by atoms with Gasteiger partial charge in [0.15, 0.2) is 0 Å². The van der Waals surface area contributed by atoms with Crippen LogP contribution in [0.1, 0.15) is 40.7 Å². The number of aliphatic hydroxyl groups is 1. The number of nitrogens with zero attached hydrogens (tertiary/aromatic N) is 1. The highest BCUT2D eigenvalue weighted by Gasteiger charge is 2.39. The Hall–Kier alpha value is -3.06. The van der Waals surface area contributed by atoms with Gasteiger partial charge < -0.3 is 15.1 Å². The van der Waals surface area contributed by atoms with E-state index < -0.39 is 18.0 Å². The molecule has 31 heavy (non-hydrogen) atoms. The fourth-order valence-corrected chi connectivity index (χ4v) is 3.70. The average molecular weight is 429 g/mol. The minimum Gasteiger partial charge on any atom is -0.478 e. The van der Waals surface area contributed by atoms with Crippen molar-refractivity contribution in [2.24, 2.45) is 0 Å². The van der Waals surface area contributed by atoms with E-state index in [2.05, 4.69) is 0 Å². The number of carboxylic acid groups (broad SMARTS) is 1. The van der Waals surface area contributed by atoms with Crippen LogP contribution in [0.15, 0.2) is 66.7 Å². The van der Waals surface area contributed by atoms with E-state index in [1.807, 2.05) is 0 Å². The van der Waals surface area contributed by atoms with Crippen molar-refractivity contribution in [1.29, 1.82) is 0 Å². The van der Waals surface area contributed by atoms with Gasteiger partial charge in [-0.15, -0.1) is 0 Å². The minimum atomic E-state index is -3.42. The summed E-state index contributed by atoms with van der Waals surface area (Å²) in [4.78, 5) is 24.8. The summed E-state index contributed by atoms with van der Waals surface area (Å²) in [6.45, 7) is 0.458. The Bertz CT molecular complexity index is 928. The number of benzene rings is 2. The zero-order valence-corrected chi connectivity index (χ0v) is 17.0. The van der Waals surface area contributed by atoms with Crippen LogP contribution in [0, 0.1) is 0 Å². The number of likely N-dealkylation sites (tertiary alicyclic amines) is 1. The molecule has 1 unspecified atom stereocenters. The van der Waals surface area contributed by atoms with Gasteiger partial charge in [-0.05, 0) is 37.0 Å². The van der Waals surface area contributed by atoms with E-state index in [4.69, 9.17) is 5.11 Å². The predicted molar refractivity (Wildman–Crippen MR) is 112 cm³/mol. The quantitative estimate of drug-likeness (QED) is 0.591. The summed E-state index contributed by atoms with van der Waals surface area (Å²) in [6.07, 6.45) is 2.77. The number of halogens is 2. The van der Waals surface area contributed by atoms with E-state index in [1.54, 1.807) is 35.2 Å². The largest absolute Gasteiger partial charge is 0.478 e. The maximum absolute atomic E-state index is 14.4. The lowest BCUT2D eigenvalue weighted by molar-refractivity contribution is -0.128. The number of amides is 1. The number of hydrogen-bond donors (Lipinski definition) is 2. The summed E-state index contributed by atoms with van der Waals surface area (Å²) < 4.78 is 28.9. The molecule has 1 aliphatic heterocycles. The van der Waals surface area contributed by atoms with Crippen LogP contribution >= 0.6 is 0 Å². The molecule has 0 aromatic heterocycles. The molecule has 0 bridgehead atoms. The first-order valence-electron chi connectivity index (χ1n) is 10.2. The molecular formula is C24H25F2NO4. The van der Waals surface area contributed by atoms with Gasteiger partial charge in [-0.25, -0.2) is 4.79 Å². The molecule has 3 rings (SSSR count). The lowest BCUT2D eigenvalue weighted by Crippen LogP contribution is -2.34. The number of alkyl halides is 2. The molecule has 1 aliphatic rings. The molecule has 0 radical (unpaired) electrons. The second kappa shape index (κ2) is 9.83. The molecule has 0 spiro atoms. The Kier molecular flexibility index (Phi) is 7.17. The van der Waals surface area contributed by atoms with E-state index >= 15 is 0 Å². The number of hydrogen-bond acceptors (Lipinski definition) is 3. The van der Waals surface area contributed by atoms with Crippen LogP contribution in [-0.4, -0.2) is 45.7 Å². The van der Waals surface area contributed by atoms with E-state index in [0.29, 0.717) is 32.2 Å². The Labute approximate surface area is 179 Å². The zero-order chi connectivity index (χ0) is 22.4. The highest BCUT2D eigenvalue weighted by molar-refractivity contribution is 5.87. The van der Waals surface area contributed by atoms with Crippen molar-refractivity contribution in [2.45, 2.75) is 43.8 Å². The number of carbonyl (C=O) groups is 2. The van der Waals surface area contributed by atoms with Crippen molar-refractivity contribution in [3.63, 3.8) is 0 Å². The Balaban J connectivity index is 1.57. The second-order valence-electron chi connectivity index (χ2n) is 7.62. The average Bonchev–Trinajstić information content (AvgIpc) is 3.12. The van der Waals surface area contributed by atoms with Crippen LogP contribution in [0.2, 0.25) is 0 Å². The van der Waals surface area contributed by atoms with E-state index in [9.17, 15) is 23.5 Å². The van der Waals surface area contributed by atoms with Crippen molar-refractivity contribution in [1.82, 2.24) is 4.90 Å². The predicted octanol–water partition coefficient (Wildman–Crippen LogP) is 4.02. The molecule has 0 saturated carbocycles. The fourth-order valence-electron chi connectivity index (χ4n) is 3.70. The normalized spacial score (nSPS) is 18.0. The Morgan fingerprint density at radius 1 is 1.16 bits per heavy atom. The number of aryl methyl sites for hydroxylation is 1. The summed E-state index contributed by atoms with van der Waals surface area (Å²) in [5, 5.41) is 19.0. The topological polar surface area (TPSA) is 77.8 Å². The molecule has 2 aromatic carbocycles. The molecule has 2 N–H and O–H groups in total. The third-order valence-electron chi connectivity index (χ3n) is 5.49. The molecule has 2 atom stereocenters. The van der Waals surface area contributed by atoms with Crippen molar-refractivity contribution >= 4 is 11.9 Å². The van der Waals surface area contributed by atoms with E-state index in [1.165, 1.54) is 30.3 Å². The minimum absolute atomic E-state index is 0.0415. The number of aromatic carboxylic acids is 1. The van der Waals surface area contributed by atoms with Crippen molar-refractivity contribution in [3.05, 3.63) is 83.4 Å². The summed E-state index contributed by atoms with van der Waals surface area (Å²) in [7, 11) is 0. The number of aliphatic hydroxyl groups excluding tert-OH is 1. The van der Waals surface area contributed by atoms with Crippen LogP contribution in [0.25, 0.3) is 0 Å². The fraction of sp³-hybridized carbons (Fsp3) is 0.333. The zero-order valence-electron chi connectivity index (χ0n) is 17.0. The number of rotatable bonds is 9. The van der Waals surface area contributed by atoms with Crippen molar-refractivity contribution in [2.75, 3.05) is 6.54 Å². The van der Waals surface area contributed by atoms with Crippen LogP contribution in [0.4, 0.5) is 8.78 Å². The highest BCUT2D eigenvalue weighted by atomic mass is 19.3. The van der Waals surface area contributed by atoms with Crippen LogP contribution in [-0.2, 0) is 17.1 Å². The maximum atomic E-state index is 14.4. The molecule has 2 aromatic rings. The van der Waals surface area contributed by atoms with Gasteiger partial charge >= 0.3 is 11.9 Å². The maximum Gasteiger partial charge on any atom is 0.335 e. The van der Waals surface area contributed by atoms with Crippen molar-refractivity contribution in [3.8, 4) is 0 Å². The van der Waals surface area contributed by atoms with Crippen LogP contribution in [0.3, 0.4) is 0 Å². The summed E-state index contributed by atoms with van der Waals surface area (Å²) in [6, 6.07) is 13.4. The van der Waals surface area contributed by atoms with Crippen LogP contribution in [0.5, 0.6) is 0 Å². The van der Waals surface area contributed by atoms with E-state index in [-0.39, 0.29) is 23.1 Å². The number of carbonyl (C=O) groups excluding carboxylic acids is 1. The smallest absolute Gasteiger partial charge is 0.335 e. The van der Waals surface area contributed by atoms with Gasteiger partial charge in [0, 0.05) is 18.5 Å². The second-order valence-corrected chi connectivity index (χ2v) is 7.62. The van der Waals surface area contributed by atoms with Crippen LogP contribution < -0.4 is 0 Å². The molecule has 1 amide bonds. The molecular weight excluding hydrogens is 404 g/mol. The van der Waals surface area contributed by atoms with Gasteiger partial charge in [0.2, 0.25) is 5.91 Å². The first-order chi connectivity index (χ1) is 14.8. The third kappa shape index (κ3) is 5.55. The highest BCUT2D eigenvalue weighted by Crippen LogP contribution is 2.32. The molecule has 1 saturated heterocycles. The lowest BCUT2D eigenvalue weighted by Gasteiger charge is -2.24. The lowest BCUT2D eigenvalue weighted by atomic mass is 10.0. The van der Waals surface area contributed by atoms with Crippen molar-refractivity contribution < 1.29 is 28.6 Å². The Morgan fingerprint density at radius 2 is 1.84 bits per heavy atom. The van der Waals surface area contributed by atoms with Gasteiger partial charge in [-0.2, -0.15) is 8.78 Å². The molecule has 1 fully saturated rings. The Morgan fingerprint density at radius 3 is 2.48 bits per heavy atom.